The number of carbonyl (C=O) groups is 1. The number of allylic oxidation sites excluding steroid dienone is 4. The van der Waals surface area contributed by atoms with Crippen LogP contribution in [0.1, 0.15) is 34.7 Å². The Bertz CT molecular complexity index is 945. The average Bonchev–Trinajstić information content (AvgIpc) is 3.00. The Morgan fingerprint density at radius 3 is 2.48 bits per heavy atom. The zero-order chi connectivity index (χ0) is 16.6. The summed E-state index contributed by atoms with van der Waals surface area (Å²) in [5, 5.41) is -0.0921. The molecule has 1 aliphatic carbocycles. The fourth-order valence-electron chi connectivity index (χ4n) is 2.58. The zero-order valence-electron chi connectivity index (χ0n) is 12.6. The van der Waals surface area contributed by atoms with Crippen molar-refractivity contribution in [3.63, 3.8) is 0 Å². The molecule has 0 unspecified atom stereocenters. The first-order valence-corrected chi connectivity index (χ1v) is 7.16. The highest BCUT2D eigenvalue weighted by molar-refractivity contribution is 6.04. The summed E-state index contributed by atoms with van der Waals surface area (Å²) < 4.78 is 15.2. The molecular formula is C17H14O6. The van der Waals surface area contributed by atoms with E-state index in [0.717, 1.165) is 0 Å². The Hall–Kier alpha value is -2.89. The van der Waals surface area contributed by atoms with Crippen LogP contribution in [0.4, 0.5) is 0 Å². The van der Waals surface area contributed by atoms with Gasteiger partial charge in [-0.2, -0.15) is 0 Å². The zero-order valence-corrected chi connectivity index (χ0v) is 12.6. The molecule has 0 amide bonds. The summed E-state index contributed by atoms with van der Waals surface area (Å²) >= 11 is 0. The van der Waals surface area contributed by atoms with Gasteiger partial charge < -0.3 is 13.6 Å². The highest BCUT2D eigenvalue weighted by atomic mass is 16.5. The largest absolute Gasteiger partial charge is 0.462 e. The van der Waals surface area contributed by atoms with Crippen molar-refractivity contribution in [3.05, 3.63) is 68.3 Å². The minimum absolute atomic E-state index is 0.0709. The van der Waals surface area contributed by atoms with Gasteiger partial charge in [-0.3, -0.25) is 0 Å². The van der Waals surface area contributed by atoms with E-state index in [1.807, 2.05) is 24.3 Å². The first-order chi connectivity index (χ1) is 11.0. The van der Waals surface area contributed by atoms with Gasteiger partial charge in [0, 0.05) is 5.39 Å². The molecule has 0 N–H and O–H groups in total. The first kappa shape index (κ1) is 15.0. The number of esters is 1. The molecule has 0 saturated carbocycles. The van der Waals surface area contributed by atoms with Crippen LogP contribution in [0.2, 0.25) is 0 Å². The molecule has 0 fully saturated rings. The highest BCUT2D eigenvalue weighted by Gasteiger charge is 2.23. The SMILES string of the molecule is CCOC(=O)c1c(C)oc(=O)c2c(=O)oc(C3C=CC=C3)cc12. The van der Waals surface area contributed by atoms with Crippen molar-refractivity contribution in [1.29, 1.82) is 0 Å². The van der Waals surface area contributed by atoms with Crippen molar-refractivity contribution in [1.82, 2.24) is 0 Å². The number of rotatable bonds is 3. The van der Waals surface area contributed by atoms with Crippen molar-refractivity contribution in [3.8, 4) is 0 Å². The van der Waals surface area contributed by atoms with Crippen LogP contribution in [-0.4, -0.2) is 12.6 Å². The van der Waals surface area contributed by atoms with E-state index in [2.05, 4.69) is 0 Å². The summed E-state index contributed by atoms with van der Waals surface area (Å²) in [6, 6.07) is 1.53. The number of hydrogen-bond donors (Lipinski definition) is 0. The summed E-state index contributed by atoms with van der Waals surface area (Å²) in [6.07, 6.45) is 7.33. The second-order valence-corrected chi connectivity index (χ2v) is 5.06. The van der Waals surface area contributed by atoms with E-state index in [0.29, 0.717) is 5.76 Å². The fraction of sp³-hybridized carbons (Fsp3) is 0.235. The molecule has 118 valence electrons. The third-order valence-corrected chi connectivity index (χ3v) is 3.60. The Balaban J connectivity index is 2.35. The van der Waals surface area contributed by atoms with Gasteiger partial charge in [0.2, 0.25) is 0 Å². The molecule has 3 rings (SSSR count). The lowest BCUT2D eigenvalue weighted by molar-refractivity contribution is 0.0524. The smallest absolute Gasteiger partial charge is 0.351 e. The van der Waals surface area contributed by atoms with Crippen LogP contribution in [0, 0.1) is 6.92 Å². The van der Waals surface area contributed by atoms with Crippen molar-refractivity contribution in [2.24, 2.45) is 0 Å². The van der Waals surface area contributed by atoms with E-state index >= 15 is 0 Å². The van der Waals surface area contributed by atoms with Crippen molar-refractivity contribution in [2.75, 3.05) is 6.61 Å². The maximum Gasteiger partial charge on any atom is 0.351 e. The lowest BCUT2D eigenvalue weighted by Gasteiger charge is -2.10. The molecule has 0 spiro atoms. The summed E-state index contributed by atoms with van der Waals surface area (Å²) in [4.78, 5) is 36.4. The Morgan fingerprint density at radius 2 is 1.83 bits per heavy atom. The maximum atomic E-state index is 12.2. The third kappa shape index (κ3) is 2.52. The van der Waals surface area contributed by atoms with Crippen LogP contribution in [0.15, 0.2) is 48.8 Å². The van der Waals surface area contributed by atoms with Crippen LogP contribution in [0.5, 0.6) is 0 Å². The molecule has 0 atom stereocenters. The van der Waals surface area contributed by atoms with Crippen LogP contribution in [0.25, 0.3) is 10.8 Å². The fourth-order valence-corrected chi connectivity index (χ4v) is 2.58. The van der Waals surface area contributed by atoms with Crippen molar-refractivity contribution < 1.29 is 18.4 Å². The number of ether oxygens (including phenoxy) is 1. The van der Waals surface area contributed by atoms with Crippen LogP contribution < -0.4 is 11.3 Å². The van der Waals surface area contributed by atoms with Gasteiger partial charge in [-0.15, -0.1) is 0 Å². The molecule has 0 aromatic carbocycles. The Morgan fingerprint density at radius 1 is 1.17 bits per heavy atom. The predicted octanol–water partition coefficient (Wildman–Crippen LogP) is 2.44. The second-order valence-electron chi connectivity index (χ2n) is 5.06. The Kier molecular flexibility index (Phi) is 3.73. The topological polar surface area (TPSA) is 86.7 Å². The third-order valence-electron chi connectivity index (χ3n) is 3.60. The molecule has 0 aliphatic heterocycles. The minimum atomic E-state index is -0.830. The predicted molar refractivity (Wildman–Crippen MR) is 82.7 cm³/mol. The molecule has 0 bridgehead atoms. The lowest BCUT2D eigenvalue weighted by Crippen LogP contribution is -2.18. The molecule has 0 saturated heterocycles. The second kappa shape index (κ2) is 5.72. The molecule has 1 aliphatic rings. The monoisotopic (exact) mass is 314 g/mol. The van der Waals surface area contributed by atoms with E-state index in [-0.39, 0.29) is 34.6 Å². The van der Waals surface area contributed by atoms with Crippen molar-refractivity contribution >= 4 is 16.7 Å². The quantitative estimate of drug-likeness (QED) is 0.809. The van der Waals surface area contributed by atoms with Gasteiger partial charge in [0.25, 0.3) is 0 Å². The molecular weight excluding hydrogens is 300 g/mol. The first-order valence-electron chi connectivity index (χ1n) is 7.16. The highest BCUT2D eigenvalue weighted by Crippen LogP contribution is 2.26. The van der Waals surface area contributed by atoms with Crippen LogP contribution in [0.3, 0.4) is 0 Å². The molecule has 2 aromatic rings. The molecule has 6 nitrogen and oxygen atoms in total. The van der Waals surface area contributed by atoms with E-state index in [1.165, 1.54) is 13.0 Å². The normalized spacial score (nSPS) is 13.8. The number of hydrogen-bond acceptors (Lipinski definition) is 6. The average molecular weight is 314 g/mol. The van der Waals surface area contributed by atoms with E-state index in [4.69, 9.17) is 13.6 Å². The Labute approximate surface area is 130 Å². The van der Waals surface area contributed by atoms with Crippen LogP contribution in [-0.2, 0) is 4.74 Å². The van der Waals surface area contributed by atoms with Gasteiger partial charge in [-0.1, -0.05) is 24.3 Å². The minimum Gasteiger partial charge on any atom is -0.462 e. The number of aryl methyl sites for hydroxylation is 1. The standard InChI is InChI=1S/C17H14O6/c1-3-21-15(18)13-9(2)22-16(19)14-11(13)8-12(23-17(14)20)10-6-4-5-7-10/h4-8,10H,3H2,1-2H3. The molecule has 6 heteroatoms. The van der Waals surface area contributed by atoms with Gasteiger partial charge in [0.15, 0.2) is 5.39 Å². The molecule has 2 heterocycles. The van der Waals surface area contributed by atoms with Gasteiger partial charge in [-0.25, -0.2) is 14.4 Å². The van der Waals surface area contributed by atoms with Crippen molar-refractivity contribution in [2.45, 2.75) is 19.8 Å². The summed E-state index contributed by atoms with van der Waals surface area (Å²) in [5.41, 5.74) is -1.59. The number of carbonyl (C=O) groups excluding carboxylic acids is 1. The number of fused-ring (bicyclic) bond motifs is 1. The van der Waals surface area contributed by atoms with Crippen LogP contribution >= 0.6 is 0 Å². The van der Waals surface area contributed by atoms with E-state index in [1.54, 1.807) is 6.92 Å². The maximum absolute atomic E-state index is 12.2. The molecule has 23 heavy (non-hydrogen) atoms. The van der Waals surface area contributed by atoms with Gasteiger partial charge >= 0.3 is 17.2 Å². The van der Waals surface area contributed by atoms with E-state index < -0.39 is 17.2 Å². The van der Waals surface area contributed by atoms with Gasteiger partial charge in [0.1, 0.15) is 17.1 Å². The summed E-state index contributed by atoms with van der Waals surface area (Å²) in [6.45, 7) is 3.32. The summed E-state index contributed by atoms with van der Waals surface area (Å²) in [5.74, 6) is -0.402. The van der Waals surface area contributed by atoms with Gasteiger partial charge in [0.05, 0.1) is 12.5 Å². The van der Waals surface area contributed by atoms with Gasteiger partial charge in [-0.05, 0) is 19.9 Å². The lowest BCUT2D eigenvalue weighted by atomic mass is 10.0. The summed E-state index contributed by atoms with van der Waals surface area (Å²) in [7, 11) is 0. The molecule has 0 radical (unpaired) electrons. The van der Waals surface area contributed by atoms with E-state index in [9.17, 15) is 14.4 Å². The molecule has 2 aromatic heterocycles.